The van der Waals surface area contributed by atoms with Crippen molar-refractivity contribution in [2.45, 2.75) is 4.21 Å². The van der Waals surface area contributed by atoms with Gasteiger partial charge in [-0.15, -0.1) is 11.3 Å². The fourth-order valence-electron chi connectivity index (χ4n) is 2.27. The predicted molar refractivity (Wildman–Crippen MR) is 106 cm³/mol. The molecule has 1 N–H and O–H groups in total. The van der Waals surface area contributed by atoms with E-state index in [9.17, 15) is 8.42 Å². The summed E-state index contributed by atoms with van der Waals surface area (Å²) in [5.74, 6) is 1.39. The highest BCUT2D eigenvalue weighted by atomic mass is 35.5. The molecule has 0 aliphatic rings. The Morgan fingerprint density at radius 1 is 1.11 bits per heavy atom. The summed E-state index contributed by atoms with van der Waals surface area (Å²) in [4.78, 5) is 8.20. The molecule has 3 heterocycles. The number of sulfonamides is 1. The number of hydrogen-bond donors (Lipinski definition) is 1. The van der Waals surface area contributed by atoms with Gasteiger partial charge >= 0.3 is 0 Å². The third kappa shape index (κ3) is 4.14. The normalized spacial score (nSPS) is 11.3. The first-order valence-electron chi connectivity index (χ1n) is 7.88. The van der Waals surface area contributed by atoms with Gasteiger partial charge < -0.3 is 4.74 Å². The Balaban J connectivity index is 1.47. The Kier molecular flexibility index (Phi) is 4.99. The highest BCUT2D eigenvalue weighted by molar-refractivity contribution is 7.94. The van der Waals surface area contributed by atoms with Crippen LogP contribution in [0.4, 0.5) is 5.69 Å². The second kappa shape index (κ2) is 7.58. The zero-order valence-electron chi connectivity index (χ0n) is 14.1. The second-order valence-electron chi connectivity index (χ2n) is 5.46. The Morgan fingerprint density at radius 3 is 2.61 bits per heavy atom. The number of thiophene rings is 1. The van der Waals surface area contributed by atoms with E-state index in [4.69, 9.17) is 16.3 Å². The number of nitrogens with zero attached hydrogens (tertiary/aromatic N) is 4. The van der Waals surface area contributed by atoms with E-state index in [0.29, 0.717) is 27.5 Å². The molecule has 0 radical (unpaired) electrons. The fourth-order valence-corrected chi connectivity index (χ4v) is 4.82. The number of aromatic nitrogens is 4. The Morgan fingerprint density at radius 2 is 1.93 bits per heavy atom. The standard InChI is InChI=1S/C17H12ClN5O3S2/c18-14-6-7-17(27-14)28(24,25)22-12-2-4-13(5-3-12)26-16-10-15(19-11-20-16)23-9-1-8-21-23/h1-11,22H. The first kappa shape index (κ1) is 18.4. The minimum Gasteiger partial charge on any atom is -0.439 e. The molecule has 0 bridgehead atoms. The van der Waals surface area contributed by atoms with E-state index in [0.717, 1.165) is 11.3 Å². The van der Waals surface area contributed by atoms with Crippen LogP contribution in [0.25, 0.3) is 5.82 Å². The second-order valence-corrected chi connectivity index (χ2v) is 9.08. The molecule has 0 aliphatic heterocycles. The monoisotopic (exact) mass is 433 g/mol. The minimum absolute atomic E-state index is 0.143. The maximum Gasteiger partial charge on any atom is 0.271 e. The molecule has 11 heteroatoms. The number of hydrogen-bond acceptors (Lipinski definition) is 7. The zero-order valence-corrected chi connectivity index (χ0v) is 16.4. The number of rotatable bonds is 6. The Labute approximate surface area is 169 Å². The number of benzene rings is 1. The summed E-state index contributed by atoms with van der Waals surface area (Å²) in [5.41, 5.74) is 0.400. The van der Waals surface area contributed by atoms with Gasteiger partial charge in [0.1, 0.15) is 16.3 Å². The lowest BCUT2D eigenvalue weighted by Gasteiger charge is -2.09. The summed E-state index contributed by atoms with van der Waals surface area (Å²) in [6.07, 6.45) is 4.78. The molecule has 0 saturated carbocycles. The van der Waals surface area contributed by atoms with E-state index in [2.05, 4.69) is 19.8 Å². The quantitative estimate of drug-likeness (QED) is 0.494. The molecule has 0 aliphatic carbocycles. The summed E-state index contributed by atoms with van der Waals surface area (Å²) in [5, 5.41) is 4.11. The van der Waals surface area contributed by atoms with Gasteiger partial charge in [0.2, 0.25) is 5.88 Å². The lowest BCUT2D eigenvalue weighted by Crippen LogP contribution is -2.11. The Hall–Kier alpha value is -2.95. The van der Waals surface area contributed by atoms with Gasteiger partial charge in [0.25, 0.3) is 10.0 Å². The average molecular weight is 434 g/mol. The van der Waals surface area contributed by atoms with Crippen LogP contribution >= 0.6 is 22.9 Å². The summed E-state index contributed by atoms with van der Waals surface area (Å²) < 4.78 is 35.0. The number of anilines is 1. The van der Waals surface area contributed by atoms with Gasteiger partial charge in [0, 0.05) is 24.1 Å². The first-order valence-corrected chi connectivity index (χ1v) is 10.6. The smallest absolute Gasteiger partial charge is 0.271 e. The molecule has 0 amide bonds. The van der Waals surface area contributed by atoms with Crippen LogP contribution in [0.15, 0.2) is 71.5 Å². The molecule has 4 rings (SSSR count). The van der Waals surface area contributed by atoms with Crippen LogP contribution in [0, 0.1) is 0 Å². The van der Waals surface area contributed by atoms with Crippen molar-refractivity contribution < 1.29 is 13.2 Å². The van der Waals surface area contributed by atoms with Crippen LogP contribution in [-0.2, 0) is 10.0 Å². The highest BCUT2D eigenvalue weighted by Crippen LogP contribution is 2.28. The fraction of sp³-hybridized carbons (Fsp3) is 0. The molecule has 0 saturated heterocycles. The van der Waals surface area contributed by atoms with E-state index < -0.39 is 10.0 Å². The molecule has 0 fully saturated rings. The van der Waals surface area contributed by atoms with Crippen LogP contribution < -0.4 is 9.46 Å². The molecular weight excluding hydrogens is 422 g/mol. The van der Waals surface area contributed by atoms with Crippen LogP contribution in [-0.4, -0.2) is 28.2 Å². The minimum atomic E-state index is -3.68. The summed E-state index contributed by atoms with van der Waals surface area (Å²) in [6, 6.07) is 12.9. The molecule has 3 aromatic heterocycles. The maximum absolute atomic E-state index is 12.3. The van der Waals surface area contributed by atoms with Gasteiger partial charge in [-0.3, -0.25) is 4.72 Å². The van der Waals surface area contributed by atoms with Gasteiger partial charge in [-0.2, -0.15) is 5.10 Å². The molecule has 0 unspecified atom stereocenters. The van der Waals surface area contributed by atoms with Crippen molar-refractivity contribution in [3.05, 3.63) is 71.6 Å². The van der Waals surface area contributed by atoms with Crippen molar-refractivity contribution >= 4 is 38.6 Å². The largest absolute Gasteiger partial charge is 0.439 e. The molecule has 142 valence electrons. The van der Waals surface area contributed by atoms with Crippen LogP contribution in [0.3, 0.4) is 0 Å². The average Bonchev–Trinajstić information content (AvgIpc) is 3.35. The molecule has 0 atom stereocenters. The van der Waals surface area contributed by atoms with E-state index in [1.165, 1.54) is 18.5 Å². The molecule has 1 aromatic carbocycles. The topological polar surface area (TPSA) is 99.0 Å². The van der Waals surface area contributed by atoms with Crippen molar-refractivity contribution in [2.24, 2.45) is 0 Å². The first-order chi connectivity index (χ1) is 13.5. The van der Waals surface area contributed by atoms with Crippen LogP contribution in [0.2, 0.25) is 4.34 Å². The van der Waals surface area contributed by atoms with E-state index in [1.54, 1.807) is 53.5 Å². The lowest BCUT2D eigenvalue weighted by molar-refractivity contribution is 0.460. The highest BCUT2D eigenvalue weighted by Gasteiger charge is 2.16. The molecule has 4 aromatic rings. The summed E-state index contributed by atoms with van der Waals surface area (Å²) in [6.45, 7) is 0. The van der Waals surface area contributed by atoms with Crippen molar-refractivity contribution in [3.8, 4) is 17.4 Å². The molecular formula is C17H12ClN5O3S2. The van der Waals surface area contributed by atoms with Crippen molar-refractivity contribution in [3.63, 3.8) is 0 Å². The van der Waals surface area contributed by atoms with Crippen LogP contribution in [0.1, 0.15) is 0 Å². The SMILES string of the molecule is O=S(=O)(Nc1ccc(Oc2cc(-n3cccn3)ncn2)cc1)c1ccc(Cl)s1. The van der Waals surface area contributed by atoms with Crippen molar-refractivity contribution in [1.82, 2.24) is 19.7 Å². The maximum atomic E-state index is 12.3. The third-order valence-corrected chi connectivity index (χ3v) is 6.61. The van der Waals surface area contributed by atoms with Gasteiger partial charge in [-0.1, -0.05) is 11.6 Å². The van der Waals surface area contributed by atoms with Gasteiger partial charge in [-0.25, -0.2) is 23.1 Å². The van der Waals surface area contributed by atoms with Crippen molar-refractivity contribution in [2.75, 3.05) is 4.72 Å². The number of halogens is 1. The molecule has 28 heavy (non-hydrogen) atoms. The lowest BCUT2D eigenvalue weighted by atomic mass is 10.3. The van der Waals surface area contributed by atoms with E-state index >= 15 is 0 Å². The van der Waals surface area contributed by atoms with Crippen molar-refractivity contribution in [1.29, 1.82) is 0 Å². The summed E-state index contributed by atoms with van der Waals surface area (Å²) >= 11 is 6.79. The van der Waals surface area contributed by atoms with E-state index in [-0.39, 0.29) is 4.21 Å². The Bertz CT molecular complexity index is 1190. The molecule has 0 spiro atoms. The van der Waals surface area contributed by atoms with E-state index in [1.807, 2.05) is 0 Å². The molecule has 8 nitrogen and oxygen atoms in total. The van der Waals surface area contributed by atoms with Gasteiger partial charge in [-0.05, 0) is 42.5 Å². The number of ether oxygens (including phenoxy) is 1. The third-order valence-electron chi connectivity index (χ3n) is 3.51. The number of nitrogens with one attached hydrogen (secondary N) is 1. The summed E-state index contributed by atoms with van der Waals surface area (Å²) in [7, 11) is -3.68. The predicted octanol–water partition coefficient (Wildman–Crippen LogP) is 3.97. The van der Waals surface area contributed by atoms with Gasteiger partial charge in [0.15, 0.2) is 5.82 Å². The van der Waals surface area contributed by atoms with Gasteiger partial charge in [0.05, 0.1) is 4.34 Å². The van der Waals surface area contributed by atoms with Crippen LogP contribution in [0.5, 0.6) is 11.6 Å². The zero-order chi connectivity index (χ0) is 19.6.